The molecule has 0 unspecified atom stereocenters. The maximum atomic E-state index is 13.8. The molecule has 0 saturated carbocycles. The van der Waals surface area contributed by atoms with Gasteiger partial charge in [0.1, 0.15) is 18.5 Å². The van der Waals surface area contributed by atoms with Crippen molar-refractivity contribution in [2.45, 2.75) is 44.1 Å². The fourth-order valence-corrected chi connectivity index (χ4v) is 8.88. The van der Waals surface area contributed by atoms with E-state index in [2.05, 4.69) is 5.32 Å². The minimum absolute atomic E-state index is 0.0336. The van der Waals surface area contributed by atoms with Crippen LogP contribution in [-0.2, 0) is 16.1 Å². The number of hydrogen-bond acceptors (Lipinski definition) is 6. The lowest BCUT2D eigenvalue weighted by atomic mass is 9.93. The lowest BCUT2D eigenvalue weighted by molar-refractivity contribution is -0.129. The third-order valence-electron chi connectivity index (χ3n) is 7.59. The number of ketones is 1. The van der Waals surface area contributed by atoms with Crippen LogP contribution in [0.2, 0.25) is 5.04 Å². The van der Waals surface area contributed by atoms with Crippen LogP contribution < -0.4 is 20.4 Å². The number of alkyl carbamates (subject to hydrolysis) is 1. The maximum absolute atomic E-state index is 13.8. The summed E-state index contributed by atoms with van der Waals surface area (Å²) in [6, 6.07) is 33.6. The number of Topliss-reactive ketones (excluding diaryl/α,β-unsaturated/α-hetero) is 1. The number of nitrogens with one attached hydrogen (secondary N) is 1. The van der Waals surface area contributed by atoms with Crippen molar-refractivity contribution < 1.29 is 29.0 Å². The van der Waals surface area contributed by atoms with E-state index in [-0.39, 0.29) is 13.0 Å². The molecule has 0 aliphatic rings. The molecule has 0 aromatic heterocycles. The van der Waals surface area contributed by atoms with Gasteiger partial charge < -0.3 is 24.7 Å². The van der Waals surface area contributed by atoms with E-state index in [1.165, 1.54) is 7.11 Å². The first-order chi connectivity index (χ1) is 20.2. The Bertz CT molecular complexity index is 1410. The molecule has 2 atom stereocenters. The van der Waals surface area contributed by atoms with Crippen molar-refractivity contribution in [3.8, 4) is 5.75 Å². The van der Waals surface area contributed by atoms with Gasteiger partial charge in [0.25, 0.3) is 8.32 Å². The molecular formula is C34H37NO6Si. The van der Waals surface area contributed by atoms with Gasteiger partial charge in [-0.2, -0.15) is 0 Å². The molecule has 0 saturated heterocycles. The van der Waals surface area contributed by atoms with Crippen molar-refractivity contribution in [2.75, 3.05) is 7.11 Å². The minimum atomic E-state index is -3.51. The van der Waals surface area contributed by atoms with Crippen LogP contribution in [0.25, 0.3) is 0 Å². The van der Waals surface area contributed by atoms with Crippen molar-refractivity contribution >= 4 is 30.6 Å². The highest BCUT2D eigenvalue weighted by Gasteiger charge is 2.51. The molecule has 42 heavy (non-hydrogen) atoms. The summed E-state index contributed by atoms with van der Waals surface area (Å²) >= 11 is 0. The van der Waals surface area contributed by atoms with Crippen LogP contribution in [-0.4, -0.2) is 43.3 Å². The van der Waals surface area contributed by atoms with E-state index in [0.29, 0.717) is 11.3 Å². The maximum Gasteiger partial charge on any atom is 0.408 e. The summed E-state index contributed by atoms with van der Waals surface area (Å²) in [7, 11) is -1.97. The second kappa shape index (κ2) is 13.6. The zero-order valence-corrected chi connectivity index (χ0v) is 25.1. The summed E-state index contributed by atoms with van der Waals surface area (Å²) in [6.45, 7) is 3.74. The van der Waals surface area contributed by atoms with E-state index in [4.69, 9.17) is 9.47 Å². The molecule has 0 aliphatic heterocycles. The average Bonchev–Trinajstić information content (AvgIpc) is 3.03. The second-order valence-electron chi connectivity index (χ2n) is 10.9. The van der Waals surface area contributed by atoms with Crippen molar-refractivity contribution in [3.63, 3.8) is 0 Å². The zero-order valence-electron chi connectivity index (χ0n) is 24.1. The third-order valence-corrected chi connectivity index (χ3v) is 12.1. The molecule has 1 amide bonds. The van der Waals surface area contributed by atoms with Crippen LogP contribution in [0.5, 0.6) is 5.75 Å². The van der Waals surface area contributed by atoms with Gasteiger partial charge in [-0.15, -0.1) is 0 Å². The van der Waals surface area contributed by atoms with Crippen LogP contribution in [0.15, 0.2) is 115 Å². The number of ether oxygens (including phenoxy) is 2. The summed E-state index contributed by atoms with van der Waals surface area (Å²) < 4.78 is 10.6. The Balaban J connectivity index is 1.60. The van der Waals surface area contributed by atoms with Crippen LogP contribution in [0, 0.1) is 0 Å². The molecule has 7 nitrogen and oxygen atoms in total. The highest BCUT2D eigenvalue weighted by molar-refractivity contribution is 6.98. The third kappa shape index (κ3) is 6.96. The number of aliphatic hydroxyl groups excluding tert-OH is 1. The predicted octanol–water partition coefficient (Wildman–Crippen LogP) is 4.52. The fraction of sp³-hybridized carbons (Fsp3) is 0.235. The lowest BCUT2D eigenvalue weighted by Crippen LogP contribution is -2.66. The number of carbonyl (C=O) groups is 2. The molecule has 0 aliphatic carbocycles. The highest BCUT2D eigenvalue weighted by Crippen LogP contribution is 2.40. The number of methoxy groups -OCH3 is 1. The molecular weight excluding hydrogens is 546 g/mol. The number of hydrogen-bond donors (Lipinski definition) is 3. The smallest absolute Gasteiger partial charge is 0.408 e. The van der Waals surface area contributed by atoms with E-state index in [0.717, 1.165) is 15.9 Å². The summed E-state index contributed by atoms with van der Waals surface area (Å²) in [5, 5.41) is 14.7. The summed E-state index contributed by atoms with van der Waals surface area (Å²) in [6.07, 6.45) is -2.51. The quantitative estimate of drug-likeness (QED) is 0.212. The molecule has 0 spiro atoms. The number of rotatable bonds is 12. The standard InChI is InChI=1S/C34H37NO6Si/c1-34(2,42(39,28-15-9-5-10-16-28)29-17-11-6-12-18-29)23-30(36)32(37)31(26-19-21-27(40-3)22-20-26)35-33(38)41-24-25-13-7-4-8-14-25/h4-22,31-32,37,39H,23-24H2,1-3H3,(H,35,38)/t31-,32-/m1/s1. The van der Waals surface area contributed by atoms with Gasteiger partial charge >= 0.3 is 6.09 Å². The highest BCUT2D eigenvalue weighted by atomic mass is 28.4. The van der Waals surface area contributed by atoms with Gasteiger partial charge in [-0.25, -0.2) is 4.79 Å². The molecule has 4 rings (SSSR count). The molecule has 8 heteroatoms. The number of benzene rings is 4. The second-order valence-corrected chi connectivity index (χ2v) is 14.8. The van der Waals surface area contributed by atoms with E-state index >= 15 is 0 Å². The normalized spacial score (nSPS) is 13.1. The number of amides is 1. The van der Waals surface area contributed by atoms with E-state index < -0.39 is 37.4 Å². The van der Waals surface area contributed by atoms with Crippen molar-refractivity contribution in [1.29, 1.82) is 0 Å². The largest absolute Gasteiger partial charge is 0.497 e. The molecule has 3 N–H and O–H groups in total. The Morgan fingerprint density at radius 3 is 1.81 bits per heavy atom. The van der Waals surface area contributed by atoms with Crippen LogP contribution in [0.3, 0.4) is 0 Å². The minimum Gasteiger partial charge on any atom is -0.497 e. The van der Waals surface area contributed by atoms with Crippen LogP contribution in [0.1, 0.15) is 37.4 Å². The first-order valence-electron chi connectivity index (χ1n) is 13.8. The summed E-state index contributed by atoms with van der Waals surface area (Å²) in [5.41, 5.74) is 1.31. The fourth-order valence-electron chi connectivity index (χ4n) is 5.21. The molecule has 4 aromatic carbocycles. The van der Waals surface area contributed by atoms with E-state index in [9.17, 15) is 19.5 Å². The number of carbonyl (C=O) groups excluding carboxylic acids is 2. The topological polar surface area (TPSA) is 105 Å². The van der Waals surface area contributed by atoms with Gasteiger partial charge in [-0.3, -0.25) is 4.79 Å². The van der Waals surface area contributed by atoms with Gasteiger partial charge in [-0.05, 0) is 38.7 Å². The first kappa shape index (κ1) is 30.7. The molecule has 0 fully saturated rings. The van der Waals surface area contributed by atoms with Crippen molar-refractivity contribution in [3.05, 3.63) is 126 Å². The van der Waals surface area contributed by atoms with Gasteiger partial charge in [0.15, 0.2) is 5.78 Å². The number of aliphatic hydroxyl groups is 1. The van der Waals surface area contributed by atoms with Crippen LogP contribution >= 0.6 is 0 Å². The summed E-state index contributed by atoms with van der Waals surface area (Å²) in [5.74, 6) is 0.0786. The SMILES string of the molecule is COc1ccc([C@@H](NC(=O)OCc2ccccc2)[C@H](O)C(=O)CC(C)(C)[Si](O)(c2ccccc2)c2ccccc2)cc1. The monoisotopic (exact) mass is 583 g/mol. The lowest BCUT2D eigenvalue weighted by Gasteiger charge is -2.41. The van der Waals surface area contributed by atoms with E-state index in [1.54, 1.807) is 24.3 Å². The Hall–Kier alpha value is -4.24. The Labute approximate surface area is 247 Å². The average molecular weight is 584 g/mol. The van der Waals surface area contributed by atoms with Gasteiger partial charge in [0.2, 0.25) is 0 Å². The van der Waals surface area contributed by atoms with Crippen LogP contribution in [0.4, 0.5) is 4.79 Å². The van der Waals surface area contributed by atoms with Gasteiger partial charge in [0.05, 0.1) is 13.2 Å². The zero-order chi connectivity index (χ0) is 30.2. The van der Waals surface area contributed by atoms with E-state index in [1.807, 2.05) is 105 Å². The van der Waals surface area contributed by atoms with Gasteiger partial charge in [0, 0.05) is 6.42 Å². The molecule has 0 radical (unpaired) electrons. The Morgan fingerprint density at radius 1 is 0.810 bits per heavy atom. The van der Waals surface area contributed by atoms with Gasteiger partial charge in [-0.1, -0.05) is 117 Å². The predicted molar refractivity (Wildman–Crippen MR) is 165 cm³/mol. The summed E-state index contributed by atoms with van der Waals surface area (Å²) in [4.78, 5) is 39.1. The van der Waals surface area contributed by atoms with Crippen molar-refractivity contribution in [1.82, 2.24) is 5.32 Å². The molecule has 4 aromatic rings. The molecule has 0 bridgehead atoms. The van der Waals surface area contributed by atoms with Crippen molar-refractivity contribution in [2.24, 2.45) is 0 Å². The Kier molecular flexibility index (Phi) is 9.95. The first-order valence-corrected chi connectivity index (χ1v) is 15.8. The molecule has 218 valence electrons. The Morgan fingerprint density at radius 2 is 1.31 bits per heavy atom. The molecule has 0 heterocycles.